The lowest BCUT2D eigenvalue weighted by molar-refractivity contribution is 0.478. The molecule has 0 unspecified atom stereocenters. The van der Waals surface area contributed by atoms with Gasteiger partial charge in [0.1, 0.15) is 11.4 Å². The van der Waals surface area contributed by atoms with Gasteiger partial charge in [0.2, 0.25) is 0 Å². The zero-order valence-corrected chi connectivity index (χ0v) is 9.95. The van der Waals surface area contributed by atoms with Gasteiger partial charge in [-0.3, -0.25) is 9.78 Å². The number of phenols is 1. The number of aromatic nitrogens is 5. The highest BCUT2D eigenvalue weighted by Crippen LogP contribution is 2.26. The predicted molar refractivity (Wildman–Crippen MR) is 67.7 cm³/mol. The number of nitrogens with two attached hydrogens (primary N) is 1. The van der Waals surface area contributed by atoms with Gasteiger partial charge in [0.25, 0.3) is 11.3 Å². The van der Waals surface area contributed by atoms with E-state index in [1.165, 1.54) is 10.6 Å². The molecule has 2 aromatic heterocycles. The quantitative estimate of drug-likeness (QED) is 0.419. The number of H-pyrrole nitrogens is 1. The SMILES string of the molecule is Cc1nn2c(-c3ccc(O)c(N)c3)nnc2[nH]c1=O. The van der Waals surface area contributed by atoms with Crippen molar-refractivity contribution < 1.29 is 5.11 Å². The number of nitrogens with one attached hydrogen (secondary N) is 1. The maximum Gasteiger partial charge on any atom is 0.273 e. The first kappa shape index (κ1) is 11.2. The summed E-state index contributed by atoms with van der Waals surface area (Å²) in [6.45, 7) is 1.59. The van der Waals surface area contributed by atoms with E-state index >= 15 is 0 Å². The summed E-state index contributed by atoms with van der Waals surface area (Å²) in [6.07, 6.45) is 0. The molecule has 3 rings (SSSR count). The number of anilines is 1. The van der Waals surface area contributed by atoms with Gasteiger partial charge in [0.15, 0.2) is 5.82 Å². The van der Waals surface area contributed by atoms with Crippen molar-refractivity contribution in [2.24, 2.45) is 0 Å². The Labute approximate surface area is 106 Å². The van der Waals surface area contributed by atoms with Crippen molar-refractivity contribution in [3.63, 3.8) is 0 Å². The van der Waals surface area contributed by atoms with Crippen molar-refractivity contribution in [2.75, 3.05) is 5.73 Å². The fraction of sp³-hybridized carbons (Fsp3) is 0.0909. The first-order chi connectivity index (χ1) is 9.06. The Bertz CT molecular complexity index is 835. The average molecular weight is 258 g/mol. The maximum atomic E-state index is 11.4. The van der Waals surface area contributed by atoms with Crippen molar-refractivity contribution in [2.45, 2.75) is 6.92 Å². The number of fused-ring (bicyclic) bond motifs is 1. The van der Waals surface area contributed by atoms with Crippen LogP contribution in [-0.4, -0.2) is 29.9 Å². The number of aromatic amines is 1. The highest BCUT2D eigenvalue weighted by Gasteiger charge is 2.12. The molecule has 2 heterocycles. The van der Waals surface area contributed by atoms with Gasteiger partial charge in [-0.25, -0.2) is 0 Å². The molecule has 0 aliphatic rings. The molecule has 0 spiro atoms. The van der Waals surface area contributed by atoms with Crippen molar-refractivity contribution in [3.05, 3.63) is 34.2 Å². The Balaban J connectivity index is 2.28. The van der Waals surface area contributed by atoms with Gasteiger partial charge in [0, 0.05) is 5.56 Å². The topological polar surface area (TPSA) is 122 Å². The first-order valence-electron chi connectivity index (χ1n) is 5.47. The lowest BCUT2D eigenvalue weighted by Crippen LogP contribution is -2.15. The van der Waals surface area contributed by atoms with E-state index in [1.54, 1.807) is 19.1 Å². The molecular formula is C11H10N6O2. The molecule has 0 amide bonds. The van der Waals surface area contributed by atoms with Crippen molar-refractivity contribution in [1.82, 2.24) is 24.8 Å². The molecule has 3 aromatic rings. The fourth-order valence-corrected chi connectivity index (χ4v) is 1.71. The molecule has 19 heavy (non-hydrogen) atoms. The average Bonchev–Trinajstić information content (AvgIpc) is 2.76. The summed E-state index contributed by atoms with van der Waals surface area (Å²) in [6, 6.07) is 4.67. The van der Waals surface area contributed by atoms with Crippen LogP contribution in [0.15, 0.2) is 23.0 Å². The molecule has 96 valence electrons. The molecule has 8 heteroatoms. The summed E-state index contributed by atoms with van der Waals surface area (Å²) in [5.41, 5.74) is 6.51. The van der Waals surface area contributed by atoms with Gasteiger partial charge < -0.3 is 10.8 Å². The van der Waals surface area contributed by atoms with Gasteiger partial charge >= 0.3 is 0 Å². The third kappa shape index (κ3) is 1.69. The maximum absolute atomic E-state index is 11.4. The van der Waals surface area contributed by atoms with Crippen LogP contribution in [-0.2, 0) is 0 Å². The van der Waals surface area contributed by atoms with Crippen LogP contribution in [0.1, 0.15) is 5.69 Å². The second-order valence-corrected chi connectivity index (χ2v) is 4.07. The summed E-state index contributed by atoms with van der Waals surface area (Å²) in [7, 11) is 0. The van der Waals surface area contributed by atoms with E-state index in [9.17, 15) is 9.90 Å². The Kier molecular flexibility index (Phi) is 2.24. The normalized spacial score (nSPS) is 11.0. The lowest BCUT2D eigenvalue weighted by Gasteiger charge is -2.02. The number of phenolic OH excluding ortho intramolecular Hbond substituents is 1. The second kappa shape index (κ2) is 3.80. The van der Waals surface area contributed by atoms with Crippen molar-refractivity contribution in [1.29, 1.82) is 0 Å². The van der Waals surface area contributed by atoms with Gasteiger partial charge in [0.05, 0.1) is 5.69 Å². The zero-order valence-electron chi connectivity index (χ0n) is 9.95. The van der Waals surface area contributed by atoms with Gasteiger partial charge in [-0.1, -0.05) is 0 Å². The van der Waals surface area contributed by atoms with Gasteiger partial charge in [-0.15, -0.1) is 10.2 Å². The van der Waals surface area contributed by atoms with Crippen LogP contribution >= 0.6 is 0 Å². The minimum atomic E-state index is -0.309. The highest BCUT2D eigenvalue weighted by molar-refractivity contribution is 5.66. The molecule has 0 bridgehead atoms. The number of nitrogen functional groups attached to an aromatic ring is 1. The molecule has 4 N–H and O–H groups in total. The molecule has 0 aliphatic heterocycles. The van der Waals surface area contributed by atoms with E-state index in [4.69, 9.17) is 5.73 Å². The summed E-state index contributed by atoms with van der Waals surface area (Å²) in [5.74, 6) is 0.674. The van der Waals surface area contributed by atoms with Crippen LogP contribution in [0.2, 0.25) is 0 Å². The fourth-order valence-electron chi connectivity index (χ4n) is 1.71. The summed E-state index contributed by atoms with van der Waals surface area (Å²) in [4.78, 5) is 14.0. The summed E-state index contributed by atoms with van der Waals surface area (Å²) in [5, 5.41) is 21.3. The van der Waals surface area contributed by atoms with Gasteiger partial charge in [-0.05, 0) is 25.1 Å². The number of benzene rings is 1. The van der Waals surface area contributed by atoms with E-state index in [0.717, 1.165) is 0 Å². The van der Waals surface area contributed by atoms with Crippen LogP contribution in [0.25, 0.3) is 17.2 Å². The Morgan fingerprint density at radius 3 is 2.89 bits per heavy atom. The third-order valence-corrected chi connectivity index (χ3v) is 2.73. The van der Waals surface area contributed by atoms with Gasteiger partial charge in [-0.2, -0.15) is 9.61 Å². The standard InChI is InChI=1S/C11H10N6O2/c1-5-10(19)13-11-15-14-9(17(11)16-5)6-2-3-8(18)7(12)4-6/h2-4,18H,12H2,1H3,(H,13,15,19). The highest BCUT2D eigenvalue weighted by atomic mass is 16.3. The second-order valence-electron chi connectivity index (χ2n) is 4.07. The van der Waals surface area contributed by atoms with Crippen molar-refractivity contribution >= 4 is 11.5 Å². The Hall–Kier alpha value is -2.90. The number of hydrogen-bond donors (Lipinski definition) is 3. The number of aromatic hydroxyl groups is 1. The smallest absolute Gasteiger partial charge is 0.273 e. The summed E-state index contributed by atoms with van der Waals surface area (Å²) < 4.78 is 1.42. The van der Waals surface area contributed by atoms with E-state index in [2.05, 4.69) is 20.3 Å². The molecular weight excluding hydrogens is 248 g/mol. The van der Waals surface area contributed by atoms with Crippen LogP contribution in [0, 0.1) is 6.92 Å². The predicted octanol–water partition coefficient (Wildman–Crippen LogP) is 0.0758. The van der Waals surface area contributed by atoms with Crippen LogP contribution < -0.4 is 11.3 Å². The molecule has 8 nitrogen and oxygen atoms in total. The molecule has 0 atom stereocenters. The minimum absolute atomic E-state index is 0.00452. The molecule has 0 aliphatic carbocycles. The monoisotopic (exact) mass is 258 g/mol. The van der Waals surface area contributed by atoms with Crippen LogP contribution in [0.5, 0.6) is 5.75 Å². The molecule has 0 radical (unpaired) electrons. The van der Waals surface area contributed by atoms with Crippen LogP contribution in [0.3, 0.4) is 0 Å². The number of rotatable bonds is 1. The molecule has 0 fully saturated rings. The summed E-state index contributed by atoms with van der Waals surface area (Å²) >= 11 is 0. The van der Waals surface area contributed by atoms with E-state index in [-0.39, 0.29) is 22.8 Å². The first-order valence-corrected chi connectivity index (χ1v) is 5.47. The molecule has 0 saturated carbocycles. The number of hydrogen-bond acceptors (Lipinski definition) is 6. The van der Waals surface area contributed by atoms with Crippen LogP contribution in [0.4, 0.5) is 5.69 Å². The Morgan fingerprint density at radius 1 is 1.37 bits per heavy atom. The lowest BCUT2D eigenvalue weighted by atomic mass is 10.2. The third-order valence-electron chi connectivity index (χ3n) is 2.73. The zero-order chi connectivity index (χ0) is 13.6. The van der Waals surface area contributed by atoms with E-state index < -0.39 is 0 Å². The minimum Gasteiger partial charge on any atom is -0.506 e. The molecule has 0 saturated heterocycles. The number of nitrogens with zero attached hydrogens (tertiary/aromatic N) is 4. The van der Waals surface area contributed by atoms with E-state index in [0.29, 0.717) is 17.1 Å². The largest absolute Gasteiger partial charge is 0.506 e. The Morgan fingerprint density at radius 2 is 2.16 bits per heavy atom. The molecule has 1 aromatic carbocycles. The number of aryl methyl sites for hydroxylation is 1. The van der Waals surface area contributed by atoms with Crippen molar-refractivity contribution in [3.8, 4) is 17.1 Å². The van der Waals surface area contributed by atoms with E-state index in [1.807, 2.05) is 0 Å².